The summed E-state index contributed by atoms with van der Waals surface area (Å²) in [6.07, 6.45) is 4.51. The molecule has 0 unspecified atom stereocenters. The highest BCUT2D eigenvalue weighted by atomic mass is 35.5. The largest absolute Gasteiger partial charge is 0.353 e. The number of nitrogens with one attached hydrogen (secondary N) is 1. The number of halogens is 1. The number of piperidine rings is 1. The van der Waals surface area contributed by atoms with E-state index in [-0.39, 0.29) is 12.1 Å². The fourth-order valence-electron chi connectivity index (χ4n) is 3.72. The van der Waals surface area contributed by atoms with Crippen molar-refractivity contribution in [3.8, 4) is 0 Å². The smallest absolute Gasteiger partial charge is 0.317 e. The minimum Gasteiger partial charge on any atom is -0.353 e. The number of carbonyl (C=O) groups excluding carboxylic acids is 1. The highest BCUT2D eigenvalue weighted by Crippen LogP contribution is 2.20. The van der Waals surface area contributed by atoms with Crippen LogP contribution in [0.4, 0.5) is 10.6 Å². The number of urea groups is 1. The van der Waals surface area contributed by atoms with Crippen LogP contribution in [-0.4, -0.2) is 53.3 Å². The molecule has 2 aromatic rings. The molecule has 3 rings (SSSR count). The molecule has 1 N–H and O–H groups in total. The molecule has 0 radical (unpaired) electrons. The van der Waals surface area contributed by atoms with Gasteiger partial charge in [-0.3, -0.25) is 0 Å². The molecule has 1 saturated heterocycles. The van der Waals surface area contributed by atoms with Gasteiger partial charge in [0.15, 0.2) is 5.82 Å². The van der Waals surface area contributed by atoms with Crippen LogP contribution in [0.2, 0.25) is 5.02 Å². The molecule has 1 atom stereocenters. The molecule has 0 saturated carbocycles. The first-order valence-corrected chi connectivity index (χ1v) is 10.3. The molecule has 1 aliphatic heterocycles. The monoisotopic (exact) mass is 401 g/mol. The van der Waals surface area contributed by atoms with E-state index in [1.54, 1.807) is 6.20 Å². The Morgan fingerprint density at radius 2 is 2.25 bits per heavy atom. The number of anilines is 1. The van der Waals surface area contributed by atoms with Gasteiger partial charge in [0.1, 0.15) is 0 Å². The van der Waals surface area contributed by atoms with Crippen molar-refractivity contribution < 1.29 is 4.79 Å². The average Bonchev–Trinajstić information content (AvgIpc) is 2.72. The molecule has 1 aromatic carbocycles. The second kappa shape index (κ2) is 9.73. The molecule has 7 heteroatoms. The topological polar surface area (TPSA) is 61.4 Å². The lowest BCUT2D eigenvalue weighted by Crippen LogP contribution is -2.53. The Morgan fingerprint density at radius 1 is 1.39 bits per heavy atom. The van der Waals surface area contributed by atoms with Gasteiger partial charge in [0.05, 0.1) is 6.04 Å². The molecule has 1 aromatic heterocycles. The first kappa shape index (κ1) is 20.4. The molecule has 2 heterocycles. The van der Waals surface area contributed by atoms with Gasteiger partial charge in [-0.15, -0.1) is 5.10 Å². The van der Waals surface area contributed by atoms with Crippen molar-refractivity contribution in [1.29, 1.82) is 0 Å². The molecule has 1 aliphatic rings. The van der Waals surface area contributed by atoms with Crippen LogP contribution in [0.15, 0.2) is 36.5 Å². The van der Waals surface area contributed by atoms with Gasteiger partial charge in [-0.1, -0.05) is 23.7 Å². The number of likely N-dealkylation sites (N-methyl/N-ethyl adjacent to an activating group) is 1. The summed E-state index contributed by atoms with van der Waals surface area (Å²) in [5.74, 6) is 0.877. The number of nitrogens with zero attached hydrogens (tertiary/aromatic N) is 4. The van der Waals surface area contributed by atoms with Crippen molar-refractivity contribution >= 4 is 23.4 Å². The highest BCUT2D eigenvalue weighted by molar-refractivity contribution is 6.31. The minimum atomic E-state index is -0.000758. The van der Waals surface area contributed by atoms with Crippen molar-refractivity contribution in [2.75, 3.05) is 31.1 Å². The van der Waals surface area contributed by atoms with Gasteiger partial charge in [0, 0.05) is 37.4 Å². The van der Waals surface area contributed by atoms with Crippen LogP contribution in [0, 0.1) is 6.92 Å². The fraction of sp³-hybridized carbons (Fsp3) is 0.476. The Hall–Kier alpha value is -2.34. The van der Waals surface area contributed by atoms with E-state index in [0.717, 1.165) is 48.8 Å². The van der Waals surface area contributed by atoms with E-state index in [1.165, 1.54) is 5.56 Å². The van der Waals surface area contributed by atoms with Crippen LogP contribution in [0.25, 0.3) is 0 Å². The number of hydrogen-bond donors (Lipinski definition) is 1. The summed E-state index contributed by atoms with van der Waals surface area (Å²) in [4.78, 5) is 16.9. The molecule has 0 bridgehead atoms. The maximum atomic E-state index is 12.8. The molecule has 6 nitrogen and oxygen atoms in total. The van der Waals surface area contributed by atoms with E-state index in [2.05, 4.69) is 26.5 Å². The van der Waals surface area contributed by atoms with Crippen LogP contribution >= 0.6 is 11.6 Å². The van der Waals surface area contributed by atoms with Gasteiger partial charge in [-0.25, -0.2) is 4.79 Å². The maximum absolute atomic E-state index is 12.8. The molecule has 2 amide bonds. The summed E-state index contributed by atoms with van der Waals surface area (Å²) in [5.41, 5.74) is 2.24. The quantitative estimate of drug-likeness (QED) is 0.802. The van der Waals surface area contributed by atoms with E-state index in [4.69, 9.17) is 11.6 Å². The van der Waals surface area contributed by atoms with Gasteiger partial charge in [-0.2, -0.15) is 5.10 Å². The van der Waals surface area contributed by atoms with Gasteiger partial charge in [0.25, 0.3) is 0 Å². The van der Waals surface area contributed by atoms with Crippen LogP contribution in [-0.2, 0) is 6.42 Å². The predicted molar refractivity (Wildman–Crippen MR) is 113 cm³/mol. The number of rotatable bonds is 6. The van der Waals surface area contributed by atoms with Gasteiger partial charge < -0.3 is 15.1 Å². The zero-order chi connectivity index (χ0) is 19.9. The summed E-state index contributed by atoms with van der Waals surface area (Å²) in [6, 6.07) is 10.0. The second-order valence-corrected chi connectivity index (χ2v) is 7.58. The van der Waals surface area contributed by atoms with Crippen molar-refractivity contribution in [2.45, 2.75) is 39.2 Å². The van der Waals surface area contributed by atoms with Crippen molar-refractivity contribution in [3.63, 3.8) is 0 Å². The van der Waals surface area contributed by atoms with Crippen molar-refractivity contribution in [1.82, 2.24) is 20.4 Å². The number of amides is 2. The zero-order valence-electron chi connectivity index (χ0n) is 16.6. The predicted octanol–water partition coefficient (Wildman–Crippen LogP) is 3.68. The lowest BCUT2D eigenvalue weighted by atomic mass is 10.0. The molecule has 0 spiro atoms. The first-order chi connectivity index (χ1) is 13.6. The molecular weight excluding hydrogens is 374 g/mol. The molecular formula is C21H28ClN5O. The summed E-state index contributed by atoms with van der Waals surface area (Å²) in [6.45, 7) is 7.06. The van der Waals surface area contributed by atoms with E-state index >= 15 is 0 Å². The van der Waals surface area contributed by atoms with Gasteiger partial charge >= 0.3 is 6.03 Å². The third kappa shape index (κ3) is 5.13. The molecule has 0 aliphatic carbocycles. The Balaban J connectivity index is 1.54. The minimum absolute atomic E-state index is 0.000758. The van der Waals surface area contributed by atoms with Gasteiger partial charge in [-0.05, 0) is 62.4 Å². The third-order valence-corrected chi connectivity index (χ3v) is 5.66. The Kier molecular flexibility index (Phi) is 7.09. The number of aromatic nitrogens is 2. The van der Waals surface area contributed by atoms with Crippen LogP contribution in [0.5, 0.6) is 0 Å². The summed E-state index contributed by atoms with van der Waals surface area (Å²) in [7, 11) is 0. The summed E-state index contributed by atoms with van der Waals surface area (Å²) in [5, 5.41) is 12.0. The van der Waals surface area contributed by atoms with Crippen molar-refractivity contribution in [3.05, 3.63) is 52.7 Å². The number of carbonyl (C=O) groups is 1. The summed E-state index contributed by atoms with van der Waals surface area (Å²) >= 11 is 6.08. The molecule has 28 heavy (non-hydrogen) atoms. The number of benzene rings is 1. The zero-order valence-corrected chi connectivity index (χ0v) is 17.3. The van der Waals surface area contributed by atoms with Crippen molar-refractivity contribution in [2.24, 2.45) is 0 Å². The second-order valence-electron chi connectivity index (χ2n) is 7.18. The van der Waals surface area contributed by atoms with Crippen LogP contribution in [0.3, 0.4) is 0 Å². The lowest BCUT2D eigenvalue weighted by molar-refractivity contribution is 0.169. The fourth-order valence-corrected chi connectivity index (χ4v) is 3.84. The lowest BCUT2D eigenvalue weighted by Gasteiger charge is -2.39. The highest BCUT2D eigenvalue weighted by Gasteiger charge is 2.28. The van der Waals surface area contributed by atoms with E-state index < -0.39 is 0 Å². The van der Waals surface area contributed by atoms with E-state index in [0.29, 0.717) is 13.1 Å². The Morgan fingerprint density at radius 3 is 2.96 bits per heavy atom. The standard InChI is InChI=1S/C21H28ClN5O/c1-3-27(18-6-5-13-26(15-18)20-7-4-11-24-25-20)21(28)23-12-10-17-8-9-19(22)16(2)14-17/h4,7-9,11,14,18H,3,5-6,10,12-13,15H2,1-2H3,(H,23,28)/t18-/m0/s1. The average molecular weight is 402 g/mol. The van der Waals surface area contributed by atoms with E-state index in [9.17, 15) is 4.79 Å². The summed E-state index contributed by atoms with van der Waals surface area (Å²) < 4.78 is 0. The van der Waals surface area contributed by atoms with E-state index in [1.807, 2.05) is 43.0 Å². The Bertz CT molecular complexity index is 786. The third-order valence-electron chi connectivity index (χ3n) is 5.23. The normalized spacial score (nSPS) is 16.7. The maximum Gasteiger partial charge on any atom is 0.317 e. The Labute approximate surface area is 171 Å². The number of hydrogen-bond acceptors (Lipinski definition) is 4. The van der Waals surface area contributed by atoms with Crippen LogP contribution in [0.1, 0.15) is 30.9 Å². The molecule has 1 fully saturated rings. The van der Waals surface area contributed by atoms with Gasteiger partial charge in [0.2, 0.25) is 0 Å². The SMILES string of the molecule is CCN(C(=O)NCCc1ccc(Cl)c(C)c1)[C@H]1CCCN(c2cccnn2)C1. The number of aryl methyl sites for hydroxylation is 1. The first-order valence-electron chi connectivity index (χ1n) is 9.90. The molecule has 150 valence electrons. The van der Waals surface area contributed by atoms with Crippen LogP contribution < -0.4 is 10.2 Å².